The van der Waals surface area contributed by atoms with Crippen molar-refractivity contribution in [3.63, 3.8) is 0 Å². The molecule has 1 amide bonds. The summed E-state index contributed by atoms with van der Waals surface area (Å²) in [5.74, 6) is 0.108. The first-order valence-corrected chi connectivity index (χ1v) is 12.1. The van der Waals surface area contributed by atoms with Crippen molar-refractivity contribution in [2.24, 2.45) is 0 Å². The molecular weight excluding hydrogens is 472 g/mol. The summed E-state index contributed by atoms with van der Waals surface area (Å²) >= 11 is 10.4. The zero-order chi connectivity index (χ0) is 19.2. The van der Waals surface area contributed by atoms with Crippen LogP contribution in [0.1, 0.15) is 18.4 Å². The Morgan fingerprint density at radius 1 is 1.11 bits per heavy atom. The Morgan fingerprint density at radius 3 is 2.37 bits per heavy atom. The van der Waals surface area contributed by atoms with Crippen LogP contribution in [0.15, 0.2) is 45.1 Å². The van der Waals surface area contributed by atoms with Crippen molar-refractivity contribution in [2.75, 3.05) is 26.2 Å². The lowest BCUT2D eigenvalue weighted by molar-refractivity contribution is -0.135. The van der Waals surface area contributed by atoms with Gasteiger partial charge in [0.25, 0.3) is 10.0 Å². The van der Waals surface area contributed by atoms with Crippen LogP contribution in [0.2, 0.25) is 4.34 Å². The minimum Gasteiger partial charge on any atom is -0.339 e. The highest BCUT2D eigenvalue weighted by Crippen LogP contribution is 2.50. The third kappa shape index (κ3) is 3.58. The largest absolute Gasteiger partial charge is 0.339 e. The second-order valence-corrected chi connectivity index (χ2v) is 11.6. The summed E-state index contributed by atoms with van der Waals surface area (Å²) < 4.78 is 28.5. The summed E-state index contributed by atoms with van der Waals surface area (Å²) in [5.41, 5.74) is 0.594. The van der Waals surface area contributed by atoms with Gasteiger partial charge in [-0.15, -0.1) is 11.3 Å². The van der Waals surface area contributed by atoms with Crippen LogP contribution >= 0.6 is 38.9 Å². The van der Waals surface area contributed by atoms with Crippen LogP contribution in [-0.2, 0) is 20.2 Å². The molecule has 1 aliphatic heterocycles. The number of benzene rings is 1. The standard InChI is InChI=1S/C18H18BrClN2O3S2/c19-14-3-1-2-13(12-14)18(6-7-18)17(23)21-8-10-22(11-9-21)27(24,25)16-5-4-15(20)26-16/h1-5,12H,6-11H2. The van der Waals surface area contributed by atoms with Gasteiger partial charge in [0, 0.05) is 30.7 Å². The third-order valence-electron chi connectivity index (χ3n) is 5.21. The second-order valence-electron chi connectivity index (χ2n) is 6.85. The number of carbonyl (C=O) groups is 1. The quantitative estimate of drug-likeness (QED) is 0.657. The molecule has 1 saturated heterocycles. The van der Waals surface area contributed by atoms with E-state index in [1.54, 1.807) is 11.0 Å². The minimum absolute atomic E-state index is 0.108. The average molecular weight is 490 g/mol. The molecule has 144 valence electrons. The van der Waals surface area contributed by atoms with Crippen LogP contribution < -0.4 is 0 Å². The summed E-state index contributed by atoms with van der Waals surface area (Å²) in [5, 5.41) is 0. The van der Waals surface area contributed by atoms with Crippen molar-refractivity contribution in [3.05, 3.63) is 50.8 Å². The molecule has 2 heterocycles. The van der Waals surface area contributed by atoms with Gasteiger partial charge in [0.1, 0.15) is 4.21 Å². The first kappa shape index (κ1) is 19.4. The van der Waals surface area contributed by atoms with Crippen LogP contribution in [0.5, 0.6) is 0 Å². The van der Waals surface area contributed by atoms with Crippen molar-refractivity contribution in [1.82, 2.24) is 9.21 Å². The maximum absolute atomic E-state index is 13.2. The van der Waals surface area contributed by atoms with Crippen molar-refractivity contribution in [1.29, 1.82) is 0 Å². The molecule has 0 atom stereocenters. The van der Waals surface area contributed by atoms with Gasteiger partial charge in [-0.2, -0.15) is 4.31 Å². The molecule has 0 unspecified atom stereocenters. The van der Waals surface area contributed by atoms with Gasteiger partial charge in [0.05, 0.1) is 9.75 Å². The maximum atomic E-state index is 13.2. The fourth-order valence-corrected chi connectivity index (χ4v) is 6.99. The van der Waals surface area contributed by atoms with E-state index in [0.717, 1.165) is 34.2 Å². The second kappa shape index (κ2) is 7.15. The van der Waals surface area contributed by atoms with Crippen LogP contribution in [-0.4, -0.2) is 49.7 Å². The Morgan fingerprint density at radius 2 is 1.81 bits per heavy atom. The van der Waals surface area contributed by atoms with Gasteiger partial charge in [-0.25, -0.2) is 8.42 Å². The zero-order valence-corrected chi connectivity index (χ0v) is 18.4. The monoisotopic (exact) mass is 488 g/mol. The van der Waals surface area contributed by atoms with Crippen LogP contribution in [0.4, 0.5) is 0 Å². The molecule has 27 heavy (non-hydrogen) atoms. The van der Waals surface area contributed by atoms with E-state index in [0.29, 0.717) is 30.5 Å². The molecule has 1 aromatic carbocycles. The number of amides is 1. The molecule has 1 aliphatic carbocycles. The van der Waals surface area contributed by atoms with Crippen LogP contribution in [0, 0.1) is 0 Å². The Bertz CT molecular complexity index is 980. The highest BCUT2D eigenvalue weighted by atomic mass is 79.9. The average Bonchev–Trinajstić information content (AvgIpc) is 3.36. The number of halogens is 2. The smallest absolute Gasteiger partial charge is 0.252 e. The number of piperazine rings is 1. The first-order chi connectivity index (χ1) is 12.8. The van der Waals surface area contributed by atoms with E-state index in [2.05, 4.69) is 15.9 Å². The number of nitrogens with zero attached hydrogens (tertiary/aromatic N) is 2. The van der Waals surface area contributed by atoms with Crippen molar-refractivity contribution in [2.45, 2.75) is 22.5 Å². The van der Waals surface area contributed by atoms with Gasteiger partial charge in [0.2, 0.25) is 5.91 Å². The molecule has 5 nitrogen and oxygen atoms in total. The Hall–Kier alpha value is -0.930. The van der Waals surface area contributed by atoms with Crippen molar-refractivity contribution >= 4 is 54.8 Å². The lowest BCUT2D eigenvalue weighted by atomic mass is 9.94. The van der Waals surface area contributed by atoms with E-state index in [-0.39, 0.29) is 10.1 Å². The number of thiophene rings is 1. The van der Waals surface area contributed by atoms with Gasteiger partial charge in [0.15, 0.2) is 0 Å². The number of hydrogen-bond acceptors (Lipinski definition) is 4. The third-order valence-corrected chi connectivity index (χ3v) is 9.30. The SMILES string of the molecule is O=C(N1CCN(S(=O)(=O)c2ccc(Cl)s2)CC1)C1(c2cccc(Br)c2)CC1. The predicted molar refractivity (Wildman–Crippen MR) is 110 cm³/mol. The molecule has 2 fully saturated rings. The molecule has 2 aromatic rings. The predicted octanol–water partition coefficient (Wildman–Crippen LogP) is 3.73. The number of hydrogen-bond donors (Lipinski definition) is 0. The molecule has 0 bridgehead atoms. The summed E-state index contributed by atoms with van der Waals surface area (Å²) in [6, 6.07) is 11.0. The van der Waals surface area contributed by atoms with Gasteiger partial charge in [-0.05, 0) is 42.7 Å². The summed E-state index contributed by atoms with van der Waals surface area (Å²) in [7, 11) is -3.54. The van der Waals surface area contributed by atoms with E-state index in [9.17, 15) is 13.2 Å². The van der Waals surface area contributed by atoms with Gasteiger partial charge >= 0.3 is 0 Å². The summed E-state index contributed by atoms with van der Waals surface area (Å²) in [4.78, 5) is 15.0. The highest BCUT2D eigenvalue weighted by Gasteiger charge is 2.53. The molecular formula is C18H18BrClN2O3S2. The van der Waals surface area contributed by atoms with E-state index < -0.39 is 15.4 Å². The summed E-state index contributed by atoms with van der Waals surface area (Å²) in [6.45, 7) is 1.43. The number of sulfonamides is 1. The Balaban J connectivity index is 1.46. The van der Waals surface area contributed by atoms with E-state index in [4.69, 9.17) is 11.6 Å². The topological polar surface area (TPSA) is 57.7 Å². The first-order valence-electron chi connectivity index (χ1n) is 8.64. The van der Waals surface area contributed by atoms with Gasteiger partial charge in [-0.1, -0.05) is 39.7 Å². The Kier molecular flexibility index (Phi) is 5.13. The lowest BCUT2D eigenvalue weighted by Crippen LogP contribution is -2.52. The number of carbonyl (C=O) groups excluding carboxylic acids is 1. The van der Waals surface area contributed by atoms with Crippen LogP contribution in [0.25, 0.3) is 0 Å². The highest BCUT2D eigenvalue weighted by molar-refractivity contribution is 9.10. The van der Waals surface area contributed by atoms with E-state index in [1.807, 2.05) is 24.3 Å². The molecule has 2 aliphatic rings. The lowest BCUT2D eigenvalue weighted by Gasteiger charge is -2.35. The molecule has 4 rings (SSSR count). The fourth-order valence-electron chi connectivity index (χ4n) is 3.53. The maximum Gasteiger partial charge on any atom is 0.252 e. The van der Waals surface area contributed by atoms with Crippen molar-refractivity contribution in [3.8, 4) is 0 Å². The van der Waals surface area contributed by atoms with Gasteiger partial charge < -0.3 is 4.90 Å². The van der Waals surface area contributed by atoms with Crippen LogP contribution in [0.3, 0.4) is 0 Å². The van der Waals surface area contributed by atoms with Gasteiger partial charge in [-0.3, -0.25) is 4.79 Å². The summed E-state index contributed by atoms with van der Waals surface area (Å²) in [6.07, 6.45) is 1.68. The Labute approximate surface area is 176 Å². The zero-order valence-electron chi connectivity index (χ0n) is 14.4. The molecule has 1 aromatic heterocycles. The van der Waals surface area contributed by atoms with E-state index in [1.165, 1.54) is 10.4 Å². The number of rotatable bonds is 4. The minimum atomic E-state index is -3.54. The fraction of sp³-hybridized carbons (Fsp3) is 0.389. The van der Waals surface area contributed by atoms with E-state index >= 15 is 0 Å². The molecule has 0 spiro atoms. The molecule has 1 saturated carbocycles. The molecule has 0 radical (unpaired) electrons. The molecule has 9 heteroatoms. The molecule has 0 N–H and O–H groups in total. The normalized spacial score (nSPS) is 19.9. The van der Waals surface area contributed by atoms with Crippen molar-refractivity contribution < 1.29 is 13.2 Å².